The summed E-state index contributed by atoms with van der Waals surface area (Å²) in [6, 6.07) is 9.33. The Morgan fingerprint density at radius 2 is 2.12 bits per heavy atom. The number of anilines is 1. The van der Waals surface area contributed by atoms with Crippen LogP contribution < -0.4 is 10.2 Å². The quantitative estimate of drug-likeness (QED) is 0.742. The Bertz CT molecular complexity index is 1060. The molecule has 2 saturated heterocycles. The van der Waals surface area contributed by atoms with Crippen LogP contribution in [0.5, 0.6) is 0 Å². The van der Waals surface area contributed by atoms with Gasteiger partial charge in [0.05, 0.1) is 35.2 Å². The molecule has 168 valence electrons. The van der Waals surface area contributed by atoms with Gasteiger partial charge in [0.2, 0.25) is 5.91 Å². The standard InChI is InChI=1S/C23H27N5O3S/c1-23(31-2)6-9-27(10-7-23)16-3-4-20-19(11-16)18(5-8-25-20)22(30)26-13-21(29)28-15-32-14-17(28)12-24/h3-5,8,11,17H,6-7,9-10,13-15H2,1-2H3,(H,26,30). The molecule has 0 aliphatic carbocycles. The molecule has 1 N–H and O–H groups in total. The van der Waals surface area contributed by atoms with Crippen molar-refractivity contribution in [3.8, 4) is 6.07 Å². The number of amides is 2. The molecule has 2 aliphatic rings. The lowest BCUT2D eigenvalue weighted by atomic mass is 9.93. The van der Waals surface area contributed by atoms with Crippen molar-refractivity contribution < 1.29 is 14.3 Å². The van der Waals surface area contributed by atoms with Crippen LogP contribution in [0.2, 0.25) is 0 Å². The highest BCUT2D eigenvalue weighted by Crippen LogP contribution is 2.30. The molecule has 2 aromatic rings. The van der Waals surface area contributed by atoms with Crippen LogP contribution in [0.25, 0.3) is 10.9 Å². The highest BCUT2D eigenvalue weighted by Gasteiger charge is 2.30. The first-order valence-corrected chi connectivity index (χ1v) is 11.8. The number of rotatable bonds is 5. The fraction of sp³-hybridized carbons (Fsp3) is 0.478. The minimum atomic E-state index is -0.432. The third kappa shape index (κ3) is 4.52. The van der Waals surface area contributed by atoms with Gasteiger partial charge in [0.25, 0.3) is 5.91 Å². The monoisotopic (exact) mass is 453 g/mol. The minimum absolute atomic E-state index is 0.0924. The van der Waals surface area contributed by atoms with Gasteiger partial charge < -0.3 is 19.9 Å². The summed E-state index contributed by atoms with van der Waals surface area (Å²) >= 11 is 1.54. The summed E-state index contributed by atoms with van der Waals surface area (Å²) in [7, 11) is 1.76. The zero-order chi connectivity index (χ0) is 22.7. The Labute approximate surface area is 191 Å². The van der Waals surface area contributed by atoms with Gasteiger partial charge in [-0.25, -0.2) is 0 Å². The molecule has 2 aliphatic heterocycles. The molecule has 8 nitrogen and oxygen atoms in total. The normalized spacial score (nSPS) is 20.2. The molecule has 4 rings (SSSR count). The first-order chi connectivity index (χ1) is 15.4. The number of carbonyl (C=O) groups is 2. The minimum Gasteiger partial charge on any atom is -0.378 e. The molecule has 3 heterocycles. The first kappa shape index (κ1) is 22.4. The van der Waals surface area contributed by atoms with Crippen molar-refractivity contribution in [1.82, 2.24) is 15.2 Å². The number of hydrogen-bond acceptors (Lipinski definition) is 7. The number of ether oxygens (including phenoxy) is 1. The highest BCUT2D eigenvalue weighted by atomic mass is 32.2. The topological polar surface area (TPSA) is 98.6 Å². The SMILES string of the molecule is COC1(C)CCN(c2ccc3nccc(C(=O)NCC(=O)N4CSCC4C#N)c3c2)CC1. The van der Waals surface area contributed by atoms with E-state index in [-0.39, 0.29) is 24.0 Å². The molecule has 2 amide bonds. The van der Waals surface area contributed by atoms with Crippen LogP contribution in [0, 0.1) is 11.3 Å². The summed E-state index contributed by atoms with van der Waals surface area (Å²) in [6.45, 7) is 3.75. The van der Waals surface area contributed by atoms with E-state index in [0.29, 0.717) is 17.2 Å². The van der Waals surface area contributed by atoms with Gasteiger partial charge >= 0.3 is 0 Å². The van der Waals surface area contributed by atoms with Crippen LogP contribution >= 0.6 is 11.8 Å². The number of piperidine rings is 1. The average molecular weight is 454 g/mol. The van der Waals surface area contributed by atoms with E-state index >= 15 is 0 Å². The van der Waals surface area contributed by atoms with E-state index in [1.54, 1.807) is 31.1 Å². The smallest absolute Gasteiger partial charge is 0.252 e. The van der Waals surface area contributed by atoms with Crippen molar-refractivity contribution in [2.75, 3.05) is 43.3 Å². The second-order valence-electron chi connectivity index (χ2n) is 8.39. The van der Waals surface area contributed by atoms with Crippen LogP contribution in [-0.2, 0) is 9.53 Å². The molecule has 32 heavy (non-hydrogen) atoms. The average Bonchev–Trinajstić information content (AvgIpc) is 3.31. The van der Waals surface area contributed by atoms with E-state index in [1.165, 1.54) is 4.90 Å². The second kappa shape index (κ2) is 9.35. The Kier molecular flexibility index (Phi) is 6.53. The maximum atomic E-state index is 12.9. The zero-order valence-electron chi connectivity index (χ0n) is 18.3. The zero-order valence-corrected chi connectivity index (χ0v) is 19.2. The molecule has 0 spiro atoms. The molecule has 0 saturated carbocycles. The van der Waals surface area contributed by atoms with E-state index in [2.05, 4.69) is 28.2 Å². The number of benzene rings is 1. The van der Waals surface area contributed by atoms with Crippen LogP contribution in [0.4, 0.5) is 5.69 Å². The van der Waals surface area contributed by atoms with Gasteiger partial charge in [0.1, 0.15) is 6.04 Å². The lowest BCUT2D eigenvalue weighted by Crippen LogP contribution is -2.43. The maximum absolute atomic E-state index is 12.9. The van der Waals surface area contributed by atoms with Crippen LogP contribution in [0.3, 0.4) is 0 Å². The number of methoxy groups -OCH3 is 1. The summed E-state index contributed by atoms with van der Waals surface area (Å²) < 4.78 is 5.64. The number of nitrogens with zero attached hydrogens (tertiary/aromatic N) is 4. The number of pyridine rings is 1. The fourth-order valence-corrected chi connectivity index (χ4v) is 5.22. The number of nitrogens with one attached hydrogen (secondary N) is 1. The van der Waals surface area contributed by atoms with E-state index in [4.69, 9.17) is 4.74 Å². The molecular weight excluding hydrogens is 426 g/mol. The highest BCUT2D eigenvalue weighted by molar-refractivity contribution is 7.99. The van der Waals surface area contributed by atoms with Crippen molar-refractivity contribution in [3.63, 3.8) is 0 Å². The summed E-state index contributed by atoms with van der Waals surface area (Å²) in [6.07, 6.45) is 3.47. The number of hydrogen-bond donors (Lipinski definition) is 1. The van der Waals surface area contributed by atoms with Gasteiger partial charge in [-0.1, -0.05) is 0 Å². The van der Waals surface area contributed by atoms with E-state index < -0.39 is 6.04 Å². The van der Waals surface area contributed by atoms with Crippen molar-refractivity contribution >= 4 is 40.2 Å². The Morgan fingerprint density at radius 1 is 1.34 bits per heavy atom. The lowest BCUT2D eigenvalue weighted by molar-refractivity contribution is -0.129. The van der Waals surface area contributed by atoms with Gasteiger partial charge in [-0.3, -0.25) is 14.6 Å². The number of carbonyl (C=O) groups excluding carboxylic acids is 2. The molecular formula is C23H27N5O3S. The second-order valence-corrected chi connectivity index (χ2v) is 9.39. The van der Waals surface area contributed by atoms with Gasteiger partial charge in [0.15, 0.2) is 0 Å². The number of thioether (sulfide) groups is 1. The van der Waals surface area contributed by atoms with E-state index in [1.807, 2.05) is 18.2 Å². The predicted molar refractivity (Wildman–Crippen MR) is 125 cm³/mol. The predicted octanol–water partition coefficient (Wildman–Crippen LogP) is 2.39. The third-order valence-electron chi connectivity index (χ3n) is 6.40. The lowest BCUT2D eigenvalue weighted by Gasteiger charge is -2.39. The van der Waals surface area contributed by atoms with Crippen molar-refractivity contribution in [3.05, 3.63) is 36.0 Å². The van der Waals surface area contributed by atoms with Crippen LogP contribution in [0.15, 0.2) is 30.5 Å². The molecule has 1 atom stereocenters. The molecule has 1 aromatic heterocycles. The van der Waals surface area contributed by atoms with E-state index in [9.17, 15) is 14.9 Å². The first-order valence-electron chi connectivity index (χ1n) is 10.7. The Morgan fingerprint density at radius 3 is 2.84 bits per heavy atom. The van der Waals surface area contributed by atoms with Gasteiger partial charge in [0, 0.05) is 43.2 Å². The number of nitriles is 1. The summed E-state index contributed by atoms with van der Waals surface area (Å²) in [5.74, 6) is 0.512. The molecule has 2 fully saturated rings. The van der Waals surface area contributed by atoms with Crippen LogP contribution in [-0.4, -0.2) is 71.7 Å². The van der Waals surface area contributed by atoms with Crippen LogP contribution in [0.1, 0.15) is 30.1 Å². The largest absolute Gasteiger partial charge is 0.378 e. The molecule has 0 radical (unpaired) electrons. The fourth-order valence-electron chi connectivity index (χ4n) is 4.12. The van der Waals surface area contributed by atoms with Crippen molar-refractivity contribution in [2.24, 2.45) is 0 Å². The Hall–Kier alpha value is -2.83. The molecule has 9 heteroatoms. The van der Waals surface area contributed by atoms with Gasteiger partial charge in [-0.2, -0.15) is 5.26 Å². The van der Waals surface area contributed by atoms with Crippen molar-refractivity contribution in [2.45, 2.75) is 31.4 Å². The molecule has 1 unspecified atom stereocenters. The number of fused-ring (bicyclic) bond motifs is 1. The summed E-state index contributed by atoms with van der Waals surface area (Å²) in [5.41, 5.74) is 2.16. The third-order valence-corrected chi connectivity index (χ3v) is 7.41. The van der Waals surface area contributed by atoms with Crippen molar-refractivity contribution in [1.29, 1.82) is 5.26 Å². The Balaban J connectivity index is 1.49. The van der Waals surface area contributed by atoms with Gasteiger partial charge in [-0.05, 0) is 44.0 Å². The molecule has 1 aromatic carbocycles. The summed E-state index contributed by atoms with van der Waals surface area (Å²) in [4.78, 5) is 33.6. The maximum Gasteiger partial charge on any atom is 0.252 e. The molecule has 0 bridgehead atoms. The summed E-state index contributed by atoms with van der Waals surface area (Å²) in [5, 5.41) is 12.6. The number of aromatic nitrogens is 1. The van der Waals surface area contributed by atoms with Gasteiger partial charge in [-0.15, -0.1) is 11.8 Å². The van der Waals surface area contributed by atoms with E-state index in [0.717, 1.165) is 42.5 Å².